The van der Waals surface area contributed by atoms with Gasteiger partial charge in [-0.3, -0.25) is 4.98 Å². The van der Waals surface area contributed by atoms with Crippen LogP contribution >= 0.6 is 0 Å². The minimum atomic E-state index is 0.877. The summed E-state index contributed by atoms with van der Waals surface area (Å²) in [7, 11) is 0. The summed E-state index contributed by atoms with van der Waals surface area (Å²) >= 11 is 0. The Kier molecular flexibility index (Phi) is 0.278. The summed E-state index contributed by atoms with van der Waals surface area (Å²) in [6, 6.07) is 1.92. The van der Waals surface area contributed by atoms with Gasteiger partial charge in [0.05, 0.1) is 11.4 Å². The lowest BCUT2D eigenvalue weighted by atomic mass is 10.6. The van der Waals surface area contributed by atoms with Crippen molar-refractivity contribution in [2.45, 2.75) is 0 Å². The third-order valence-corrected chi connectivity index (χ3v) is 1.18. The molecule has 0 unspecified atom stereocenters. The normalized spacial score (nSPS) is 11.4. The van der Waals surface area contributed by atoms with Crippen molar-refractivity contribution < 1.29 is 0 Å². The molecule has 2 rings (SSSR count). The molecule has 7 heavy (non-hydrogen) atoms. The van der Waals surface area contributed by atoms with Gasteiger partial charge in [-0.15, -0.1) is 0 Å². The quantitative estimate of drug-likeness (QED) is 0.518. The van der Waals surface area contributed by atoms with Gasteiger partial charge in [-0.1, -0.05) is 0 Å². The Morgan fingerprint density at radius 3 is 2.71 bits per heavy atom. The second-order valence-corrected chi connectivity index (χ2v) is 1.62. The zero-order valence-electron chi connectivity index (χ0n) is 3.68. The number of anilines is 1. The molecule has 0 spiro atoms. The number of pyridine rings is 1. The van der Waals surface area contributed by atoms with E-state index < -0.39 is 0 Å². The minimum Gasteiger partial charge on any atom is -0.396 e. The molecule has 2 nitrogen and oxygen atoms in total. The van der Waals surface area contributed by atoms with Crippen LogP contribution in [0.4, 0.5) is 5.69 Å². The molecule has 0 saturated heterocycles. The molecule has 0 atom stereocenters. The second-order valence-electron chi connectivity index (χ2n) is 1.62. The molecule has 0 bridgehead atoms. The average Bonchev–Trinajstić information content (AvgIpc) is 2.26. The van der Waals surface area contributed by atoms with E-state index in [0.29, 0.717) is 0 Å². The summed E-state index contributed by atoms with van der Waals surface area (Å²) in [6.45, 7) is 0. The second kappa shape index (κ2) is 0.644. The first-order valence-electron chi connectivity index (χ1n) is 2.14. The number of fused-ring (bicyclic) bond motifs is 1. The molecular formula is C5H4N2. The van der Waals surface area contributed by atoms with E-state index in [-0.39, 0.29) is 0 Å². The number of hydrogen-bond acceptors (Lipinski definition) is 2. The van der Waals surface area contributed by atoms with Crippen molar-refractivity contribution in [2.24, 2.45) is 0 Å². The molecule has 0 aromatic carbocycles. The van der Waals surface area contributed by atoms with Crippen LogP contribution in [0.3, 0.4) is 0 Å². The number of nitrogens with two attached hydrogens (primary N) is 1. The molecule has 0 saturated carbocycles. The first-order chi connectivity index (χ1) is 3.39. The van der Waals surface area contributed by atoms with Gasteiger partial charge >= 0.3 is 0 Å². The van der Waals surface area contributed by atoms with Crippen molar-refractivity contribution in [3.63, 3.8) is 0 Å². The van der Waals surface area contributed by atoms with Gasteiger partial charge in [-0.25, -0.2) is 0 Å². The van der Waals surface area contributed by atoms with E-state index in [1.54, 1.807) is 6.20 Å². The van der Waals surface area contributed by atoms with Gasteiger partial charge in [0.2, 0.25) is 0 Å². The topological polar surface area (TPSA) is 38.9 Å². The predicted octanol–water partition coefficient (Wildman–Crippen LogP) is 0.644. The molecule has 2 N–H and O–H groups in total. The highest BCUT2D eigenvalue weighted by atomic mass is 14.8. The van der Waals surface area contributed by atoms with Gasteiger partial charge in [-0.2, -0.15) is 0 Å². The standard InChI is InChI=1S/C5H4N2/c6-4-3-1-2-7-5(3)4/h1-2H,6H2. The highest BCUT2D eigenvalue weighted by Crippen LogP contribution is 2.42. The lowest BCUT2D eigenvalue weighted by Gasteiger charge is -1.60. The maximum atomic E-state index is 5.37. The number of aromatic nitrogens is 1. The third-order valence-electron chi connectivity index (χ3n) is 1.18. The maximum absolute atomic E-state index is 5.37. The van der Waals surface area contributed by atoms with Gasteiger partial charge in [0, 0.05) is 11.8 Å². The van der Waals surface area contributed by atoms with Crippen molar-refractivity contribution in [3.8, 4) is 11.3 Å². The Hall–Kier alpha value is -1.05. The third kappa shape index (κ3) is 0.193. The van der Waals surface area contributed by atoms with Crippen LogP contribution in [0.1, 0.15) is 0 Å². The van der Waals surface area contributed by atoms with E-state index >= 15 is 0 Å². The van der Waals surface area contributed by atoms with Gasteiger partial charge in [-0.05, 0) is 6.07 Å². The molecule has 1 aliphatic heterocycles. The molecule has 1 aliphatic carbocycles. The molecular weight excluding hydrogens is 88.1 g/mol. The lowest BCUT2D eigenvalue weighted by molar-refractivity contribution is 1.45. The van der Waals surface area contributed by atoms with Crippen LogP contribution in [0.5, 0.6) is 0 Å². The summed E-state index contributed by atoms with van der Waals surface area (Å²) in [5, 5.41) is 0. The van der Waals surface area contributed by atoms with Gasteiger partial charge in [0.15, 0.2) is 0 Å². The summed E-state index contributed by atoms with van der Waals surface area (Å²) in [5.74, 6) is 0. The average molecular weight is 92.1 g/mol. The predicted molar refractivity (Wildman–Crippen MR) is 27.6 cm³/mol. The summed E-state index contributed by atoms with van der Waals surface area (Å²) in [5.41, 5.74) is 8.39. The molecule has 0 amide bonds. The van der Waals surface area contributed by atoms with Crippen molar-refractivity contribution in [1.29, 1.82) is 0 Å². The van der Waals surface area contributed by atoms with Crippen LogP contribution in [0.25, 0.3) is 11.3 Å². The van der Waals surface area contributed by atoms with E-state index in [4.69, 9.17) is 5.73 Å². The van der Waals surface area contributed by atoms with E-state index in [2.05, 4.69) is 4.98 Å². The van der Waals surface area contributed by atoms with Crippen LogP contribution in [0.2, 0.25) is 0 Å². The summed E-state index contributed by atoms with van der Waals surface area (Å²) in [4.78, 5) is 3.93. The minimum absolute atomic E-state index is 0.877. The molecule has 1 heterocycles. The van der Waals surface area contributed by atoms with E-state index in [1.807, 2.05) is 6.07 Å². The Morgan fingerprint density at radius 1 is 1.57 bits per heavy atom. The monoisotopic (exact) mass is 92.0 g/mol. The summed E-state index contributed by atoms with van der Waals surface area (Å²) in [6.07, 6.45) is 1.76. The molecule has 0 aromatic rings. The van der Waals surface area contributed by atoms with Crippen LogP contribution in [-0.4, -0.2) is 4.98 Å². The Bertz CT molecular complexity index is 197. The maximum Gasteiger partial charge on any atom is 0.0960 e. The molecule has 0 aromatic heterocycles. The fraction of sp³-hybridized carbons (Fsp3) is 0. The van der Waals surface area contributed by atoms with Crippen molar-refractivity contribution in [3.05, 3.63) is 12.3 Å². The van der Waals surface area contributed by atoms with Crippen LogP contribution in [0, 0.1) is 0 Å². The smallest absolute Gasteiger partial charge is 0.0960 e. The first kappa shape index (κ1) is 3.02. The summed E-state index contributed by atoms with van der Waals surface area (Å²) < 4.78 is 0. The highest BCUT2D eigenvalue weighted by Gasteiger charge is 2.21. The molecule has 34 valence electrons. The molecule has 2 aliphatic rings. The van der Waals surface area contributed by atoms with Crippen molar-refractivity contribution >= 4 is 5.69 Å². The van der Waals surface area contributed by atoms with Crippen molar-refractivity contribution in [2.75, 3.05) is 5.73 Å². The van der Waals surface area contributed by atoms with Crippen LogP contribution in [-0.2, 0) is 0 Å². The highest BCUT2D eigenvalue weighted by molar-refractivity contribution is 5.99. The number of nitrogen functional groups attached to an aromatic ring is 1. The van der Waals surface area contributed by atoms with Gasteiger partial charge < -0.3 is 5.73 Å². The Balaban J connectivity index is 2.78. The first-order valence-corrected chi connectivity index (χ1v) is 2.14. The zero-order chi connectivity index (χ0) is 4.85. The fourth-order valence-corrected chi connectivity index (χ4v) is 0.700. The lowest BCUT2D eigenvalue weighted by Crippen LogP contribution is -1.68. The van der Waals surface area contributed by atoms with Crippen LogP contribution < -0.4 is 5.73 Å². The Morgan fingerprint density at radius 2 is 2.43 bits per heavy atom. The fourth-order valence-electron chi connectivity index (χ4n) is 0.700. The van der Waals surface area contributed by atoms with E-state index in [0.717, 1.165) is 16.9 Å². The number of hydrogen-bond donors (Lipinski definition) is 1. The number of nitrogens with zero attached hydrogens (tertiary/aromatic N) is 1. The zero-order valence-corrected chi connectivity index (χ0v) is 3.68. The largest absolute Gasteiger partial charge is 0.396 e. The SMILES string of the molecule is Nc1c2ccnc1-2. The van der Waals surface area contributed by atoms with Gasteiger partial charge in [0.1, 0.15) is 0 Å². The van der Waals surface area contributed by atoms with Crippen LogP contribution in [0.15, 0.2) is 12.3 Å². The molecule has 2 heteroatoms. The van der Waals surface area contributed by atoms with E-state index in [1.165, 1.54) is 0 Å². The molecule has 0 fully saturated rings. The number of rotatable bonds is 0. The Labute approximate surface area is 41.0 Å². The van der Waals surface area contributed by atoms with Gasteiger partial charge in [0.25, 0.3) is 0 Å². The van der Waals surface area contributed by atoms with Crippen molar-refractivity contribution in [1.82, 2.24) is 4.98 Å². The van der Waals surface area contributed by atoms with E-state index in [9.17, 15) is 0 Å². The molecule has 0 radical (unpaired) electrons.